The zero-order valence-corrected chi connectivity index (χ0v) is 17.5. The number of nitrogens with one attached hydrogen (secondary N) is 2. The summed E-state index contributed by atoms with van der Waals surface area (Å²) in [4.78, 5) is 4.27. The number of hydrogen-bond acceptors (Lipinski definition) is 2. The van der Waals surface area contributed by atoms with Crippen molar-refractivity contribution in [2.24, 2.45) is 4.99 Å². The van der Waals surface area contributed by atoms with Gasteiger partial charge < -0.3 is 15.4 Å². The van der Waals surface area contributed by atoms with Crippen LogP contribution in [0.15, 0.2) is 53.5 Å². The number of aliphatic imine (C=N–C) groups is 1. The fourth-order valence-corrected chi connectivity index (χ4v) is 2.52. The molecule has 0 saturated heterocycles. The van der Waals surface area contributed by atoms with E-state index in [-0.39, 0.29) is 24.0 Å². The third kappa shape index (κ3) is 7.34. The number of methoxy groups -OCH3 is 1. The molecule has 25 heavy (non-hydrogen) atoms. The van der Waals surface area contributed by atoms with E-state index in [1.807, 2.05) is 13.0 Å². The van der Waals surface area contributed by atoms with Gasteiger partial charge in [0, 0.05) is 20.1 Å². The number of ether oxygens (including phenoxy) is 1. The van der Waals surface area contributed by atoms with Crippen molar-refractivity contribution in [3.05, 3.63) is 65.2 Å². The maximum atomic E-state index is 5.37. The number of guanidine groups is 1. The van der Waals surface area contributed by atoms with E-state index in [1.165, 1.54) is 11.1 Å². The van der Waals surface area contributed by atoms with Gasteiger partial charge in [-0.2, -0.15) is 0 Å². The molecule has 0 aliphatic rings. The van der Waals surface area contributed by atoms with Crippen molar-refractivity contribution in [1.82, 2.24) is 10.6 Å². The molecule has 0 aliphatic heterocycles. The quantitative estimate of drug-likeness (QED) is 0.289. The second-order valence-corrected chi connectivity index (χ2v) is 5.75. The van der Waals surface area contributed by atoms with Gasteiger partial charge in [-0.3, -0.25) is 4.99 Å². The molecule has 0 unspecified atom stereocenters. The maximum Gasteiger partial charge on any atom is 0.191 e. The van der Waals surface area contributed by atoms with E-state index in [0.29, 0.717) is 0 Å². The monoisotopic (exact) mass is 453 g/mol. The van der Waals surface area contributed by atoms with Crippen LogP contribution < -0.4 is 15.4 Å². The Morgan fingerprint density at radius 1 is 1.04 bits per heavy atom. The fourth-order valence-electron chi connectivity index (χ4n) is 2.52. The second kappa shape index (κ2) is 11.7. The molecule has 0 bridgehead atoms. The van der Waals surface area contributed by atoms with E-state index in [1.54, 1.807) is 14.2 Å². The molecule has 2 aromatic carbocycles. The van der Waals surface area contributed by atoms with Gasteiger partial charge in [-0.25, -0.2) is 0 Å². The van der Waals surface area contributed by atoms with Crippen molar-refractivity contribution in [3.8, 4) is 5.75 Å². The topological polar surface area (TPSA) is 45.7 Å². The Bertz CT molecular complexity index is 659. The van der Waals surface area contributed by atoms with Gasteiger partial charge in [-0.15, -0.1) is 24.0 Å². The summed E-state index contributed by atoms with van der Waals surface area (Å²) in [6.45, 7) is 3.66. The predicted molar refractivity (Wildman–Crippen MR) is 116 cm³/mol. The molecule has 0 heterocycles. The van der Waals surface area contributed by atoms with Crippen LogP contribution in [-0.4, -0.2) is 26.7 Å². The lowest BCUT2D eigenvalue weighted by atomic mass is 10.1. The molecule has 2 N–H and O–H groups in total. The van der Waals surface area contributed by atoms with Crippen LogP contribution in [0, 0.1) is 6.92 Å². The van der Waals surface area contributed by atoms with Gasteiger partial charge in [0.2, 0.25) is 0 Å². The Labute approximate surface area is 168 Å². The first kappa shape index (κ1) is 21.3. The molecule has 2 rings (SSSR count). The lowest BCUT2D eigenvalue weighted by Gasteiger charge is -2.13. The average molecular weight is 453 g/mol. The summed E-state index contributed by atoms with van der Waals surface area (Å²) < 4.78 is 5.37. The third-order valence-corrected chi connectivity index (χ3v) is 3.93. The molecule has 0 saturated carbocycles. The third-order valence-electron chi connectivity index (χ3n) is 3.93. The maximum absolute atomic E-state index is 5.37. The van der Waals surface area contributed by atoms with Crippen molar-refractivity contribution in [2.75, 3.05) is 20.7 Å². The number of aryl methyl sites for hydroxylation is 2. The minimum Gasteiger partial charge on any atom is -0.496 e. The van der Waals surface area contributed by atoms with Crippen molar-refractivity contribution in [3.63, 3.8) is 0 Å². The zero-order valence-electron chi connectivity index (χ0n) is 15.2. The standard InChI is InChI=1S/C20H27N3O.HI/c1-16-11-12-18(14-19(16)24-3)15-23-20(21-2)22-13-7-10-17-8-5-4-6-9-17;/h4-6,8-9,11-12,14H,7,10,13,15H2,1-3H3,(H2,21,22,23);1H. The molecule has 0 amide bonds. The molecule has 4 nitrogen and oxygen atoms in total. The van der Waals surface area contributed by atoms with Crippen LogP contribution in [0.5, 0.6) is 5.75 Å². The molecular formula is C20H28IN3O. The van der Waals surface area contributed by atoms with Crippen LogP contribution in [-0.2, 0) is 13.0 Å². The lowest BCUT2D eigenvalue weighted by Crippen LogP contribution is -2.37. The Morgan fingerprint density at radius 3 is 2.48 bits per heavy atom. The number of hydrogen-bond donors (Lipinski definition) is 2. The zero-order chi connectivity index (χ0) is 17.2. The number of nitrogens with zero attached hydrogens (tertiary/aromatic N) is 1. The number of halogens is 1. The van der Waals surface area contributed by atoms with Gasteiger partial charge in [0.25, 0.3) is 0 Å². The van der Waals surface area contributed by atoms with Crippen molar-refractivity contribution >= 4 is 29.9 Å². The van der Waals surface area contributed by atoms with Gasteiger partial charge in [-0.05, 0) is 42.5 Å². The highest BCUT2D eigenvalue weighted by molar-refractivity contribution is 14.0. The van der Waals surface area contributed by atoms with Gasteiger partial charge in [0.15, 0.2) is 5.96 Å². The van der Waals surface area contributed by atoms with Gasteiger partial charge in [0.05, 0.1) is 7.11 Å². The SMILES string of the molecule is CN=C(NCCCc1ccccc1)NCc1ccc(C)c(OC)c1.I. The predicted octanol–water partition coefficient (Wildman–Crippen LogP) is 3.92. The molecule has 2 aromatic rings. The minimum absolute atomic E-state index is 0. The van der Waals surface area contributed by atoms with Crippen molar-refractivity contribution in [1.29, 1.82) is 0 Å². The van der Waals surface area contributed by atoms with E-state index < -0.39 is 0 Å². The molecule has 0 atom stereocenters. The van der Waals surface area contributed by atoms with Crippen LogP contribution in [0.4, 0.5) is 0 Å². The number of benzene rings is 2. The molecule has 0 aromatic heterocycles. The summed E-state index contributed by atoms with van der Waals surface area (Å²) >= 11 is 0. The van der Waals surface area contributed by atoms with Crippen molar-refractivity contribution in [2.45, 2.75) is 26.3 Å². The molecule has 5 heteroatoms. The molecule has 0 fully saturated rings. The largest absolute Gasteiger partial charge is 0.496 e. The highest BCUT2D eigenvalue weighted by Crippen LogP contribution is 2.18. The summed E-state index contributed by atoms with van der Waals surface area (Å²) in [5.74, 6) is 1.74. The Kier molecular flexibility index (Phi) is 9.99. The Hall–Kier alpha value is -1.76. The Morgan fingerprint density at radius 2 is 1.80 bits per heavy atom. The summed E-state index contributed by atoms with van der Waals surface area (Å²) in [5, 5.41) is 6.70. The van der Waals surface area contributed by atoms with Crippen LogP contribution in [0.3, 0.4) is 0 Å². The summed E-state index contributed by atoms with van der Waals surface area (Å²) in [7, 11) is 3.50. The first-order valence-electron chi connectivity index (χ1n) is 8.35. The van der Waals surface area contributed by atoms with E-state index in [4.69, 9.17) is 4.74 Å². The van der Waals surface area contributed by atoms with Gasteiger partial charge in [-0.1, -0.05) is 42.5 Å². The van der Waals surface area contributed by atoms with Crippen LogP contribution in [0.2, 0.25) is 0 Å². The van der Waals surface area contributed by atoms with Crippen LogP contribution in [0.1, 0.15) is 23.1 Å². The summed E-state index contributed by atoms with van der Waals surface area (Å²) in [5.41, 5.74) is 3.68. The van der Waals surface area contributed by atoms with E-state index in [2.05, 4.69) is 58.1 Å². The van der Waals surface area contributed by atoms with E-state index in [0.717, 1.165) is 43.2 Å². The van der Waals surface area contributed by atoms with Gasteiger partial charge >= 0.3 is 0 Å². The Balaban J connectivity index is 0.00000312. The molecule has 0 spiro atoms. The lowest BCUT2D eigenvalue weighted by molar-refractivity contribution is 0.411. The normalized spacial score (nSPS) is 10.8. The summed E-state index contributed by atoms with van der Waals surface area (Å²) in [6, 6.07) is 16.8. The van der Waals surface area contributed by atoms with Crippen LogP contribution >= 0.6 is 24.0 Å². The smallest absolute Gasteiger partial charge is 0.191 e. The van der Waals surface area contributed by atoms with Crippen LogP contribution in [0.25, 0.3) is 0 Å². The van der Waals surface area contributed by atoms with Gasteiger partial charge in [0.1, 0.15) is 5.75 Å². The average Bonchev–Trinajstić information content (AvgIpc) is 2.63. The minimum atomic E-state index is 0. The fraction of sp³-hybridized carbons (Fsp3) is 0.350. The number of rotatable bonds is 7. The van der Waals surface area contributed by atoms with E-state index >= 15 is 0 Å². The molecule has 0 radical (unpaired) electrons. The molecule has 136 valence electrons. The first-order valence-corrected chi connectivity index (χ1v) is 8.35. The highest BCUT2D eigenvalue weighted by Gasteiger charge is 2.02. The summed E-state index contributed by atoms with van der Waals surface area (Å²) in [6.07, 6.45) is 2.14. The van der Waals surface area contributed by atoms with E-state index in [9.17, 15) is 0 Å². The van der Waals surface area contributed by atoms with Crippen molar-refractivity contribution < 1.29 is 4.74 Å². The molecule has 0 aliphatic carbocycles. The second-order valence-electron chi connectivity index (χ2n) is 5.75. The first-order chi connectivity index (χ1) is 11.7. The highest BCUT2D eigenvalue weighted by atomic mass is 127. The molecular weight excluding hydrogens is 425 g/mol.